The molecule has 0 bridgehead atoms. The zero-order chi connectivity index (χ0) is 12.8. The Balaban J connectivity index is 3.48. The first kappa shape index (κ1) is 15.5. The van der Waals surface area contributed by atoms with Crippen LogP contribution in [0.4, 0.5) is 26.3 Å². The number of alkyl halides is 6. The van der Waals surface area contributed by atoms with Gasteiger partial charge in [0.1, 0.15) is 6.61 Å². The van der Waals surface area contributed by atoms with Crippen molar-refractivity contribution >= 4 is 0 Å². The van der Waals surface area contributed by atoms with Crippen LogP contribution in [0.25, 0.3) is 0 Å². The molecule has 0 saturated heterocycles. The summed E-state index contributed by atoms with van der Waals surface area (Å²) in [6.45, 7) is -1.70. The number of nitrogens with two attached hydrogens (primary N) is 1. The van der Waals surface area contributed by atoms with E-state index in [1.807, 2.05) is 0 Å². The van der Waals surface area contributed by atoms with Gasteiger partial charge in [-0.3, -0.25) is 0 Å². The van der Waals surface area contributed by atoms with Gasteiger partial charge in [-0.2, -0.15) is 26.3 Å². The van der Waals surface area contributed by atoms with Crippen molar-refractivity contribution in [1.29, 1.82) is 0 Å². The standard InChI is InChI=1S/C8H13F6NO/c9-7(10,11)3-1-6(15)2-4-16-5-8(12,13)14/h6H,1-5,15H2. The zero-order valence-corrected chi connectivity index (χ0v) is 8.37. The Morgan fingerprint density at radius 3 is 1.94 bits per heavy atom. The highest BCUT2D eigenvalue weighted by Gasteiger charge is 2.28. The SMILES string of the molecule is NC(CCOCC(F)(F)F)CCC(F)(F)F. The van der Waals surface area contributed by atoms with E-state index in [4.69, 9.17) is 5.73 Å². The van der Waals surface area contributed by atoms with Crippen LogP contribution >= 0.6 is 0 Å². The van der Waals surface area contributed by atoms with Crippen molar-refractivity contribution in [3.05, 3.63) is 0 Å². The van der Waals surface area contributed by atoms with Crippen molar-refractivity contribution in [2.24, 2.45) is 5.73 Å². The van der Waals surface area contributed by atoms with Crippen molar-refractivity contribution < 1.29 is 31.1 Å². The van der Waals surface area contributed by atoms with E-state index in [0.717, 1.165) is 0 Å². The van der Waals surface area contributed by atoms with Crippen LogP contribution in [-0.2, 0) is 4.74 Å². The number of halogens is 6. The fraction of sp³-hybridized carbons (Fsp3) is 1.00. The van der Waals surface area contributed by atoms with Gasteiger partial charge in [-0.1, -0.05) is 0 Å². The predicted octanol–water partition coefficient (Wildman–Crippen LogP) is 2.63. The molecular formula is C8H13F6NO. The van der Waals surface area contributed by atoms with E-state index in [9.17, 15) is 26.3 Å². The summed E-state index contributed by atoms with van der Waals surface area (Å²) in [5.74, 6) is 0. The van der Waals surface area contributed by atoms with E-state index < -0.39 is 31.4 Å². The van der Waals surface area contributed by atoms with Crippen LogP contribution in [0.5, 0.6) is 0 Å². The molecule has 0 rings (SSSR count). The maximum absolute atomic E-state index is 11.7. The van der Waals surface area contributed by atoms with Crippen LogP contribution in [0, 0.1) is 0 Å². The predicted molar refractivity (Wildman–Crippen MR) is 44.8 cm³/mol. The molecule has 0 aliphatic carbocycles. The van der Waals surface area contributed by atoms with Crippen molar-refractivity contribution in [2.75, 3.05) is 13.2 Å². The van der Waals surface area contributed by atoms with Gasteiger partial charge in [0.15, 0.2) is 0 Å². The third kappa shape index (κ3) is 11.6. The molecule has 0 saturated carbocycles. The molecule has 0 aromatic rings. The lowest BCUT2D eigenvalue weighted by atomic mass is 10.1. The second-order valence-electron chi connectivity index (χ2n) is 3.37. The van der Waals surface area contributed by atoms with Gasteiger partial charge in [0.05, 0.1) is 0 Å². The largest absolute Gasteiger partial charge is 0.411 e. The second kappa shape index (κ2) is 6.29. The number of hydrogen-bond donors (Lipinski definition) is 1. The van der Waals surface area contributed by atoms with Gasteiger partial charge in [-0.05, 0) is 12.8 Å². The molecule has 0 radical (unpaired) electrons. The quantitative estimate of drug-likeness (QED) is 0.583. The van der Waals surface area contributed by atoms with Crippen LogP contribution in [0.15, 0.2) is 0 Å². The summed E-state index contributed by atoms with van der Waals surface area (Å²) in [4.78, 5) is 0. The van der Waals surface area contributed by atoms with Gasteiger partial charge in [0, 0.05) is 19.1 Å². The maximum Gasteiger partial charge on any atom is 0.411 e. The van der Waals surface area contributed by atoms with Crippen molar-refractivity contribution in [3.63, 3.8) is 0 Å². The molecule has 0 fully saturated rings. The first-order valence-electron chi connectivity index (χ1n) is 4.57. The van der Waals surface area contributed by atoms with Crippen LogP contribution in [-0.4, -0.2) is 31.6 Å². The minimum absolute atomic E-state index is 0.0217. The maximum atomic E-state index is 11.7. The lowest BCUT2D eigenvalue weighted by Gasteiger charge is -2.13. The molecule has 1 atom stereocenters. The zero-order valence-electron chi connectivity index (χ0n) is 8.37. The summed E-state index contributed by atoms with van der Waals surface area (Å²) in [6.07, 6.45) is -10.1. The Morgan fingerprint density at radius 1 is 0.938 bits per heavy atom. The van der Waals surface area contributed by atoms with Gasteiger partial charge >= 0.3 is 12.4 Å². The van der Waals surface area contributed by atoms with E-state index in [1.54, 1.807) is 0 Å². The van der Waals surface area contributed by atoms with Gasteiger partial charge < -0.3 is 10.5 Å². The van der Waals surface area contributed by atoms with E-state index >= 15 is 0 Å². The lowest BCUT2D eigenvalue weighted by molar-refractivity contribution is -0.174. The average molecular weight is 253 g/mol. The summed E-state index contributed by atoms with van der Waals surface area (Å²) in [5, 5.41) is 0. The second-order valence-corrected chi connectivity index (χ2v) is 3.37. The highest BCUT2D eigenvalue weighted by atomic mass is 19.4. The van der Waals surface area contributed by atoms with Crippen LogP contribution < -0.4 is 5.73 Å². The first-order chi connectivity index (χ1) is 7.10. The van der Waals surface area contributed by atoms with Gasteiger partial charge in [0.2, 0.25) is 0 Å². The molecule has 98 valence electrons. The fourth-order valence-electron chi connectivity index (χ4n) is 0.916. The monoisotopic (exact) mass is 253 g/mol. The highest BCUT2D eigenvalue weighted by molar-refractivity contribution is 4.64. The Bertz CT molecular complexity index is 190. The number of rotatable bonds is 6. The van der Waals surface area contributed by atoms with Crippen LogP contribution in [0.1, 0.15) is 19.3 Å². The minimum Gasteiger partial charge on any atom is -0.372 e. The molecule has 0 aromatic carbocycles. The third-order valence-electron chi connectivity index (χ3n) is 1.70. The van der Waals surface area contributed by atoms with E-state index in [-0.39, 0.29) is 19.4 Å². The van der Waals surface area contributed by atoms with E-state index in [1.165, 1.54) is 0 Å². The van der Waals surface area contributed by atoms with E-state index in [2.05, 4.69) is 4.74 Å². The molecule has 0 aliphatic rings. The molecule has 0 heterocycles. The Labute approximate surface area is 88.7 Å². The van der Waals surface area contributed by atoms with Crippen molar-refractivity contribution in [2.45, 2.75) is 37.7 Å². The lowest BCUT2D eigenvalue weighted by Crippen LogP contribution is -2.26. The molecule has 1 unspecified atom stereocenters. The molecule has 0 aromatic heterocycles. The fourth-order valence-corrected chi connectivity index (χ4v) is 0.916. The molecule has 16 heavy (non-hydrogen) atoms. The van der Waals surface area contributed by atoms with Gasteiger partial charge in [-0.15, -0.1) is 0 Å². The Hall–Kier alpha value is -0.500. The molecule has 0 amide bonds. The minimum atomic E-state index is -4.42. The molecule has 0 aliphatic heterocycles. The summed E-state index contributed by atoms with van der Waals surface area (Å²) >= 11 is 0. The smallest absolute Gasteiger partial charge is 0.372 e. The third-order valence-corrected chi connectivity index (χ3v) is 1.70. The molecule has 8 heteroatoms. The topological polar surface area (TPSA) is 35.2 Å². The molecular weight excluding hydrogens is 240 g/mol. The molecule has 0 spiro atoms. The number of ether oxygens (including phenoxy) is 1. The summed E-state index contributed by atoms with van der Waals surface area (Å²) in [6, 6.07) is -0.796. The highest BCUT2D eigenvalue weighted by Crippen LogP contribution is 2.22. The number of hydrogen-bond acceptors (Lipinski definition) is 2. The normalized spacial score (nSPS) is 15.2. The first-order valence-corrected chi connectivity index (χ1v) is 4.57. The molecule has 2 nitrogen and oxygen atoms in total. The van der Waals surface area contributed by atoms with Crippen LogP contribution in [0.2, 0.25) is 0 Å². The summed E-state index contributed by atoms with van der Waals surface area (Å²) < 4.78 is 74.1. The summed E-state index contributed by atoms with van der Waals surface area (Å²) in [7, 11) is 0. The Morgan fingerprint density at radius 2 is 1.50 bits per heavy atom. The Kier molecular flexibility index (Phi) is 6.09. The van der Waals surface area contributed by atoms with Crippen molar-refractivity contribution in [3.8, 4) is 0 Å². The van der Waals surface area contributed by atoms with E-state index in [0.29, 0.717) is 0 Å². The summed E-state index contributed by atoms with van der Waals surface area (Å²) in [5.41, 5.74) is 5.27. The molecule has 2 N–H and O–H groups in total. The van der Waals surface area contributed by atoms with Crippen molar-refractivity contribution in [1.82, 2.24) is 0 Å². The van der Waals surface area contributed by atoms with Gasteiger partial charge in [-0.25, -0.2) is 0 Å². The van der Waals surface area contributed by atoms with Gasteiger partial charge in [0.25, 0.3) is 0 Å². The van der Waals surface area contributed by atoms with Crippen LogP contribution in [0.3, 0.4) is 0 Å². The average Bonchev–Trinajstić information content (AvgIpc) is 2.06.